The van der Waals surface area contributed by atoms with E-state index in [4.69, 9.17) is 5.21 Å². The van der Waals surface area contributed by atoms with Gasteiger partial charge in [0.15, 0.2) is 0 Å². The zero-order valence-electron chi connectivity index (χ0n) is 6.66. The second-order valence-electron chi connectivity index (χ2n) is 1.88. The summed E-state index contributed by atoms with van der Waals surface area (Å²) in [6, 6.07) is 0. The Morgan fingerprint density at radius 1 is 1.64 bits per heavy atom. The van der Waals surface area contributed by atoms with Crippen molar-refractivity contribution >= 4 is 11.6 Å². The topological polar surface area (TPSA) is 61.7 Å². The Kier molecular flexibility index (Phi) is 5.02. The van der Waals surface area contributed by atoms with Crippen LogP contribution in [-0.2, 0) is 4.79 Å². The molecular formula is C7H12N2O2. The van der Waals surface area contributed by atoms with Gasteiger partial charge in [0.2, 0.25) is 0 Å². The minimum absolute atomic E-state index is 0.542. The Morgan fingerprint density at radius 3 is 2.64 bits per heavy atom. The number of carbonyl (C=O) groups is 1. The van der Waals surface area contributed by atoms with Crippen LogP contribution in [0.25, 0.3) is 0 Å². The lowest BCUT2D eigenvalue weighted by atomic mass is 10.2. The Labute approximate surface area is 65.6 Å². The molecule has 11 heavy (non-hydrogen) atoms. The highest BCUT2D eigenvalue weighted by molar-refractivity contribution is 6.00. The van der Waals surface area contributed by atoms with E-state index in [2.05, 4.69) is 4.99 Å². The van der Waals surface area contributed by atoms with Crippen molar-refractivity contribution in [1.29, 1.82) is 0 Å². The number of amides is 1. The van der Waals surface area contributed by atoms with Crippen LogP contribution in [0.2, 0.25) is 0 Å². The molecule has 0 aliphatic carbocycles. The monoisotopic (exact) mass is 156 g/mol. The molecule has 0 aliphatic heterocycles. The number of allylic oxidation sites excluding steroid dienone is 1. The van der Waals surface area contributed by atoms with Crippen LogP contribution in [0.4, 0.5) is 0 Å². The van der Waals surface area contributed by atoms with Gasteiger partial charge in [0.25, 0.3) is 5.91 Å². The molecule has 0 radical (unpaired) electrons. The molecule has 0 aliphatic rings. The first-order chi connectivity index (χ1) is 5.24. The quantitative estimate of drug-likeness (QED) is 0.271. The third kappa shape index (κ3) is 4.27. The number of nitrogens with one attached hydrogen (secondary N) is 1. The molecule has 1 amide bonds. The zero-order valence-corrected chi connectivity index (χ0v) is 6.66. The standard InChI is InChI=1S/C7H12N2O2/c1-3-6(8-2)4-5-7(10)9-11/h4-5,11H,3H2,1-2H3,(H,9,10)/b5-4+,8-6?. The fourth-order valence-corrected chi connectivity index (χ4v) is 0.560. The van der Waals surface area contributed by atoms with E-state index in [1.807, 2.05) is 6.92 Å². The number of hydrogen-bond donors (Lipinski definition) is 2. The van der Waals surface area contributed by atoms with Crippen LogP contribution in [0.15, 0.2) is 17.1 Å². The van der Waals surface area contributed by atoms with E-state index < -0.39 is 5.91 Å². The van der Waals surface area contributed by atoms with Crippen molar-refractivity contribution in [3.05, 3.63) is 12.2 Å². The third-order valence-electron chi connectivity index (χ3n) is 1.19. The molecular weight excluding hydrogens is 144 g/mol. The Morgan fingerprint density at radius 2 is 2.27 bits per heavy atom. The molecule has 0 bridgehead atoms. The van der Waals surface area contributed by atoms with Gasteiger partial charge in [0, 0.05) is 18.8 Å². The molecule has 0 fully saturated rings. The summed E-state index contributed by atoms with van der Waals surface area (Å²) in [7, 11) is 1.65. The fraction of sp³-hybridized carbons (Fsp3) is 0.429. The van der Waals surface area contributed by atoms with Gasteiger partial charge in [0.1, 0.15) is 0 Å². The second-order valence-corrected chi connectivity index (χ2v) is 1.88. The number of nitrogens with zero attached hydrogens (tertiary/aromatic N) is 1. The summed E-state index contributed by atoms with van der Waals surface area (Å²) in [5, 5.41) is 8.10. The smallest absolute Gasteiger partial charge is 0.267 e. The number of rotatable bonds is 3. The lowest BCUT2D eigenvalue weighted by Gasteiger charge is -1.92. The maximum atomic E-state index is 10.4. The summed E-state index contributed by atoms with van der Waals surface area (Å²) in [6.45, 7) is 1.93. The van der Waals surface area contributed by atoms with Gasteiger partial charge in [-0.1, -0.05) is 6.92 Å². The molecule has 0 aromatic rings. The number of hydroxylamine groups is 1. The molecule has 0 saturated carbocycles. The van der Waals surface area contributed by atoms with E-state index in [0.717, 1.165) is 12.1 Å². The van der Waals surface area contributed by atoms with Crippen LogP contribution in [0.3, 0.4) is 0 Å². The second kappa shape index (κ2) is 5.61. The first kappa shape index (κ1) is 9.84. The van der Waals surface area contributed by atoms with Gasteiger partial charge >= 0.3 is 0 Å². The highest BCUT2D eigenvalue weighted by atomic mass is 16.5. The van der Waals surface area contributed by atoms with E-state index in [-0.39, 0.29) is 0 Å². The van der Waals surface area contributed by atoms with Gasteiger partial charge in [0.05, 0.1) is 0 Å². The van der Waals surface area contributed by atoms with Crippen molar-refractivity contribution in [2.75, 3.05) is 7.05 Å². The molecule has 4 heteroatoms. The maximum Gasteiger partial charge on any atom is 0.267 e. The number of aliphatic imine (C=N–C) groups is 1. The largest absolute Gasteiger partial charge is 0.293 e. The summed E-state index contributed by atoms with van der Waals surface area (Å²) < 4.78 is 0. The summed E-state index contributed by atoms with van der Waals surface area (Å²) >= 11 is 0. The van der Waals surface area contributed by atoms with Crippen molar-refractivity contribution in [3.8, 4) is 0 Å². The van der Waals surface area contributed by atoms with E-state index in [1.165, 1.54) is 11.6 Å². The van der Waals surface area contributed by atoms with Crippen molar-refractivity contribution in [1.82, 2.24) is 5.48 Å². The van der Waals surface area contributed by atoms with Crippen LogP contribution in [-0.4, -0.2) is 23.9 Å². The molecule has 0 saturated heterocycles. The van der Waals surface area contributed by atoms with E-state index in [0.29, 0.717) is 0 Å². The SMILES string of the molecule is CCC(/C=C/C(=O)NO)=NC. The molecule has 4 nitrogen and oxygen atoms in total. The van der Waals surface area contributed by atoms with E-state index >= 15 is 0 Å². The number of carbonyl (C=O) groups excluding carboxylic acids is 1. The minimum Gasteiger partial charge on any atom is -0.293 e. The van der Waals surface area contributed by atoms with E-state index in [9.17, 15) is 4.79 Å². The Bertz CT molecular complexity index is 185. The maximum absolute atomic E-state index is 10.4. The molecule has 0 aromatic heterocycles. The molecule has 0 rings (SSSR count). The van der Waals surface area contributed by atoms with Gasteiger partial charge in [-0.2, -0.15) is 0 Å². The van der Waals surface area contributed by atoms with Crippen LogP contribution in [0.5, 0.6) is 0 Å². The minimum atomic E-state index is -0.542. The van der Waals surface area contributed by atoms with Crippen LogP contribution < -0.4 is 5.48 Å². The average Bonchev–Trinajstić information content (AvgIpc) is 2.06. The molecule has 2 N–H and O–H groups in total. The molecule has 0 spiro atoms. The highest BCUT2D eigenvalue weighted by Gasteiger charge is 1.91. The fourth-order valence-electron chi connectivity index (χ4n) is 0.560. The summed E-state index contributed by atoms with van der Waals surface area (Å²) in [4.78, 5) is 14.3. The highest BCUT2D eigenvalue weighted by Crippen LogP contribution is 1.86. The summed E-state index contributed by atoms with van der Waals surface area (Å²) in [5.41, 5.74) is 2.30. The van der Waals surface area contributed by atoms with Crippen LogP contribution in [0, 0.1) is 0 Å². The predicted molar refractivity (Wildman–Crippen MR) is 42.7 cm³/mol. The third-order valence-corrected chi connectivity index (χ3v) is 1.19. The predicted octanol–water partition coefficient (Wildman–Crippen LogP) is 0.529. The number of hydrogen-bond acceptors (Lipinski definition) is 3. The van der Waals surface area contributed by atoms with Crippen molar-refractivity contribution in [2.24, 2.45) is 4.99 Å². The normalized spacial score (nSPS) is 12.1. The van der Waals surface area contributed by atoms with Crippen LogP contribution in [0.1, 0.15) is 13.3 Å². The van der Waals surface area contributed by atoms with Gasteiger partial charge < -0.3 is 0 Å². The van der Waals surface area contributed by atoms with E-state index in [1.54, 1.807) is 13.1 Å². The first-order valence-electron chi connectivity index (χ1n) is 3.32. The Hall–Kier alpha value is -1.16. The molecule has 0 aromatic carbocycles. The zero-order chi connectivity index (χ0) is 8.69. The van der Waals surface area contributed by atoms with Crippen molar-refractivity contribution in [3.63, 3.8) is 0 Å². The lowest BCUT2D eigenvalue weighted by molar-refractivity contribution is -0.124. The van der Waals surface area contributed by atoms with Crippen LogP contribution >= 0.6 is 0 Å². The molecule has 0 unspecified atom stereocenters. The summed E-state index contributed by atoms with van der Waals surface area (Å²) in [5.74, 6) is -0.542. The van der Waals surface area contributed by atoms with Gasteiger partial charge in [-0.3, -0.25) is 15.0 Å². The lowest BCUT2D eigenvalue weighted by Crippen LogP contribution is -2.15. The molecule has 0 heterocycles. The van der Waals surface area contributed by atoms with Gasteiger partial charge in [-0.25, -0.2) is 5.48 Å². The van der Waals surface area contributed by atoms with Crippen molar-refractivity contribution < 1.29 is 10.0 Å². The van der Waals surface area contributed by atoms with Crippen molar-refractivity contribution in [2.45, 2.75) is 13.3 Å². The Balaban J connectivity index is 4.00. The van der Waals surface area contributed by atoms with Gasteiger partial charge in [-0.15, -0.1) is 0 Å². The molecule has 0 atom stereocenters. The first-order valence-corrected chi connectivity index (χ1v) is 3.32. The summed E-state index contributed by atoms with van der Waals surface area (Å²) in [6.07, 6.45) is 3.56. The average molecular weight is 156 g/mol. The van der Waals surface area contributed by atoms with Gasteiger partial charge in [-0.05, 0) is 12.5 Å². The molecule has 62 valence electrons.